The molecule has 177 valence electrons. The van der Waals surface area contributed by atoms with Crippen LogP contribution in [-0.4, -0.2) is 42.1 Å². The Morgan fingerprint density at radius 3 is 2.11 bits per heavy atom. The second-order valence-electron chi connectivity index (χ2n) is 9.02. The highest BCUT2D eigenvalue weighted by atomic mass is 16.5. The highest BCUT2D eigenvalue weighted by Gasteiger charge is 2.49. The van der Waals surface area contributed by atoms with Crippen molar-refractivity contribution in [2.24, 2.45) is 5.10 Å². The average molecular weight is 464 g/mol. The van der Waals surface area contributed by atoms with Crippen LogP contribution in [-0.2, 0) is 10.3 Å². The number of hydrogen-bond acceptors (Lipinski definition) is 4. The lowest BCUT2D eigenvalue weighted by molar-refractivity contribution is 0.103. The van der Waals surface area contributed by atoms with Gasteiger partial charge in [-0.15, -0.1) is 0 Å². The van der Waals surface area contributed by atoms with E-state index in [2.05, 4.69) is 23.6 Å². The summed E-state index contributed by atoms with van der Waals surface area (Å²) in [6.07, 6.45) is 8.25. The van der Waals surface area contributed by atoms with E-state index in [0.29, 0.717) is 6.61 Å². The standard InChI is InChI=1S/C31H31N2O2/c1-35-23-27-19-12-22-33(27)32-30(24-13-5-2-6-14-24)28-20-11-21-29(28)31(34,25-15-7-3-8-16-25)26-17-9-4-10-18-26/h2-11,13-18,20-21,27,34H,12,19,22-23H2,1H3/b32-30+/t27-/m0/s1. The molecule has 0 bridgehead atoms. The minimum absolute atomic E-state index is 0.249. The lowest BCUT2D eigenvalue weighted by atomic mass is 9.70. The quantitative estimate of drug-likeness (QED) is 0.466. The van der Waals surface area contributed by atoms with Crippen molar-refractivity contribution in [1.82, 2.24) is 5.01 Å². The fraction of sp³-hybridized carbons (Fsp3) is 0.226. The van der Waals surface area contributed by atoms with Crippen LogP contribution in [0.15, 0.2) is 96.1 Å². The van der Waals surface area contributed by atoms with Gasteiger partial charge in [-0.2, -0.15) is 5.10 Å². The Morgan fingerprint density at radius 2 is 1.51 bits per heavy atom. The van der Waals surface area contributed by atoms with Gasteiger partial charge in [0.05, 0.1) is 18.4 Å². The molecule has 1 saturated heterocycles. The molecule has 1 aliphatic carbocycles. The second kappa shape index (κ2) is 10.8. The predicted octanol–water partition coefficient (Wildman–Crippen LogP) is 5.21. The topological polar surface area (TPSA) is 45.1 Å². The first-order chi connectivity index (χ1) is 17.2. The minimum atomic E-state index is -1.33. The summed E-state index contributed by atoms with van der Waals surface area (Å²) in [7, 11) is 1.74. The van der Waals surface area contributed by atoms with Crippen molar-refractivity contribution >= 4 is 5.71 Å². The van der Waals surface area contributed by atoms with Crippen LogP contribution in [0.2, 0.25) is 0 Å². The van der Waals surface area contributed by atoms with Crippen LogP contribution in [0.5, 0.6) is 0 Å². The fourth-order valence-corrected chi connectivity index (χ4v) is 5.08. The third-order valence-electron chi connectivity index (χ3n) is 6.82. The summed E-state index contributed by atoms with van der Waals surface area (Å²) in [4.78, 5) is 0. The van der Waals surface area contributed by atoms with Crippen molar-refractivity contribution in [2.45, 2.75) is 24.5 Å². The largest absolute Gasteiger partial charge is 0.382 e. The molecule has 35 heavy (non-hydrogen) atoms. The smallest absolute Gasteiger partial charge is 0.122 e. The Bertz CT molecular complexity index is 1060. The zero-order valence-electron chi connectivity index (χ0n) is 20.0. The molecule has 0 amide bonds. The molecule has 0 aromatic heterocycles. The first-order valence-corrected chi connectivity index (χ1v) is 12.2. The summed E-state index contributed by atoms with van der Waals surface area (Å²) >= 11 is 0. The van der Waals surface area contributed by atoms with Crippen LogP contribution in [0.25, 0.3) is 0 Å². The molecule has 1 atom stereocenters. The Labute approximate surface area is 209 Å². The molecule has 0 spiro atoms. The lowest BCUT2D eigenvalue weighted by Crippen LogP contribution is -2.39. The number of hydrazone groups is 1. The third-order valence-corrected chi connectivity index (χ3v) is 6.82. The molecule has 1 heterocycles. The number of rotatable bonds is 8. The van der Waals surface area contributed by atoms with Gasteiger partial charge in [0, 0.05) is 25.5 Å². The van der Waals surface area contributed by atoms with Crippen LogP contribution in [0.3, 0.4) is 0 Å². The Balaban J connectivity index is 1.61. The van der Waals surface area contributed by atoms with Gasteiger partial charge in [0.2, 0.25) is 0 Å². The van der Waals surface area contributed by atoms with Crippen LogP contribution in [0, 0.1) is 31.1 Å². The molecule has 4 heteroatoms. The van der Waals surface area contributed by atoms with E-state index in [9.17, 15) is 5.11 Å². The van der Waals surface area contributed by atoms with E-state index in [-0.39, 0.29) is 6.04 Å². The number of aliphatic hydroxyl groups is 1. The van der Waals surface area contributed by atoms with Gasteiger partial charge in [0.1, 0.15) is 5.60 Å². The van der Waals surface area contributed by atoms with Crippen LogP contribution < -0.4 is 0 Å². The highest BCUT2D eigenvalue weighted by Crippen LogP contribution is 2.50. The van der Waals surface area contributed by atoms with Crippen molar-refractivity contribution < 1.29 is 9.84 Å². The van der Waals surface area contributed by atoms with Gasteiger partial charge in [-0.25, -0.2) is 0 Å². The first kappa shape index (κ1) is 23.8. The first-order valence-electron chi connectivity index (χ1n) is 12.2. The maximum absolute atomic E-state index is 12.5. The molecule has 0 unspecified atom stereocenters. The molecule has 1 aliphatic heterocycles. The van der Waals surface area contributed by atoms with E-state index in [1.165, 1.54) is 0 Å². The maximum Gasteiger partial charge on any atom is 0.122 e. The van der Waals surface area contributed by atoms with E-state index in [1.807, 2.05) is 91.7 Å². The van der Waals surface area contributed by atoms with Crippen molar-refractivity contribution in [3.63, 3.8) is 0 Å². The van der Waals surface area contributed by atoms with Crippen molar-refractivity contribution in [2.75, 3.05) is 20.3 Å². The molecule has 5 radical (unpaired) electrons. The van der Waals surface area contributed by atoms with Gasteiger partial charge in [-0.05, 0) is 48.8 Å². The number of methoxy groups -OCH3 is 1. The van der Waals surface area contributed by atoms with E-state index in [1.54, 1.807) is 7.11 Å². The number of ether oxygens (including phenoxy) is 1. The van der Waals surface area contributed by atoms with Crippen LogP contribution >= 0.6 is 0 Å². The van der Waals surface area contributed by atoms with Gasteiger partial charge in [-0.3, -0.25) is 5.01 Å². The summed E-state index contributed by atoms with van der Waals surface area (Å²) in [6.45, 7) is 1.54. The van der Waals surface area contributed by atoms with Gasteiger partial charge < -0.3 is 9.84 Å². The summed E-state index contributed by atoms with van der Waals surface area (Å²) in [5, 5.41) is 19.9. The predicted molar refractivity (Wildman–Crippen MR) is 140 cm³/mol. The maximum atomic E-state index is 12.5. The normalized spacial score (nSPS) is 20.0. The molecule has 2 fully saturated rings. The van der Waals surface area contributed by atoms with E-state index >= 15 is 0 Å². The molecule has 1 N–H and O–H groups in total. The Kier molecular flexibility index (Phi) is 7.31. The zero-order chi connectivity index (χ0) is 24.1. The number of nitrogens with zero attached hydrogens (tertiary/aromatic N) is 2. The van der Waals surface area contributed by atoms with Crippen molar-refractivity contribution in [3.05, 3.63) is 139 Å². The molecule has 4 nitrogen and oxygen atoms in total. The van der Waals surface area contributed by atoms with Crippen molar-refractivity contribution in [3.8, 4) is 0 Å². The molecule has 2 aliphatic rings. The summed E-state index contributed by atoms with van der Waals surface area (Å²) < 4.78 is 5.48. The van der Waals surface area contributed by atoms with Gasteiger partial charge in [0.25, 0.3) is 0 Å². The van der Waals surface area contributed by atoms with Crippen molar-refractivity contribution in [1.29, 1.82) is 0 Å². The number of hydrogen-bond donors (Lipinski definition) is 1. The minimum Gasteiger partial charge on any atom is -0.382 e. The lowest BCUT2D eigenvalue weighted by Gasteiger charge is -2.38. The third kappa shape index (κ3) is 4.78. The number of benzene rings is 3. The molecule has 3 aromatic rings. The van der Waals surface area contributed by atoms with Gasteiger partial charge in [0.15, 0.2) is 0 Å². The Hall–Kier alpha value is -2.95. The summed E-state index contributed by atoms with van der Waals surface area (Å²) in [5.41, 5.74) is 2.20. The van der Waals surface area contributed by atoms with Crippen LogP contribution in [0.1, 0.15) is 29.5 Å². The molecule has 5 rings (SSSR count). The second-order valence-corrected chi connectivity index (χ2v) is 9.02. The van der Waals surface area contributed by atoms with E-state index in [0.717, 1.165) is 53.6 Å². The molecular weight excluding hydrogens is 432 g/mol. The fourth-order valence-electron chi connectivity index (χ4n) is 5.08. The zero-order valence-corrected chi connectivity index (χ0v) is 20.0. The van der Waals surface area contributed by atoms with Gasteiger partial charge >= 0.3 is 0 Å². The summed E-state index contributed by atoms with van der Waals surface area (Å²) in [6, 6.07) is 30.3. The summed E-state index contributed by atoms with van der Waals surface area (Å²) in [5.74, 6) is 1.74. The van der Waals surface area contributed by atoms with E-state index < -0.39 is 5.60 Å². The monoisotopic (exact) mass is 463 g/mol. The van der Waals surface area contributed by atoms with E-state index in [4.69, 9.17) is 9.84 Å². The Morgan fingerprint density at radius 1 is 0.914 bits per heavy atom. The highest BCUT2D eigenvalue weighted by molar-refractivity contribution is 6.14. The van der Waals surface area contributed by atoms with Gasteiger partial charge in [-0.1, -0.05) is 91.0 Å². The average Bonchev–Trinajstić information content (AvgIpc) is 3.58. The molecule has 1 saturated carbocycles. The van der Waals surface area contributed by atoms with Crippen LogP contribution in [0.4, 0.5) is 0 Å². The molecular formula is C31H31N2O2. The SMILES string of the molecule is COC[C@@H]1CCCN1/N=C(/[C]1[CH][CH][CH][C]1C(O)(c1ccccc1)c1ccccc1)c1ccccc1. The molecule has 3 aromatic carbocycles.